The Hall–Kier alpha value is -3.98. The first-order valence-electron chi connectivity index (χ1n) is 18.1. The van der Waals surface area contributed by atoms with Crippen molar-refractivity contribution in [1.82, 2.24) is 19.5 Å². The van der Waals surface area contributed by atoms with Crippen LogP contribution in [-0.2, 0) is 38.3 Å². The molecular formula is C38H47ClN6O7S. The van der Waals surface area contributed by atoms with Gasteiger partial charge >= 0.3 is 5.91 Å². The summed E-state index contributed by atoms with van der Waals surface area (Å²) in [5, 5.41) is 4.86. The Bertz CT molecular complexity index is 2050. The Kier molecular flexibility index (Phi) is 10.6. The molecule has 1 aromatic carbocycles. The van der Waals surface area contributed by atoms with Gasteiger partial charge in [-0.1, -0.05) is 36.7 Å². The summed E-state index contributed by atoms with van der Waals surface area (Å²) in [4.78, 5) is 34.8. The van der Waals surface area contributed by atoms with Crippen LogP contribution in [0.25, 0.3) is 0 Å². The van der Waals surface area contributed by atoms with Gasteiger partial charge in [-0.15, -0.1) is 9.46 Å². The summed E-state index contributed by atoms with van der Waals surface area (Å²) in [6, 6.07) is 9.43. The van der Waals surface area contributed by atoms with E-state index in [9.17, 15) is 13.8 Å². The lowest BCUT2D eigenvalue weighted by Gasteiger charge is -2.45. The molecule has 1 saturated carbocycles. The van der Waals surface area contributed by atoms with E-state index in [0.717, 1.165) is 32.1 Å². The lowest BCUT2D eigenvalue weighted by atomic mass is 9.68. The van der Waals surface area contributed by atoms with Crippen LogP contribution in [-0.4, -0.2) is 89.8 Å². The van der Waals surface area contributed by atoms with E-state index in [1.807, 2.05) is 25.1 Å². The molecule has 2 aromatic heterocycles. The number of methoxy groups -OCH3 is 3. The summed E-state index contributed by atoms with van der Waals surface area (Å²) in [7, 11) is 2.56. The van der Waals surface area contributed by atoms with Gasteiger partial charge in [0, 0.05) is 51.0 Å². The maximum atomic E-state index is 14.7. The van der Waals surface area contributed by atoms with Crippen molar-refractivity contribution in [1.29, 1.82) is 0 Å². The van der Waals surface area contributed by atoms with Crippen LogP contribution < -0.4 is 19.1 Å². The number of carbonyl (C=O) groups excluding carboxylic acids is 2. The Morgan fingerprint density at radius 1 is 1.11 bits per heavy atom. The zero-order valence-corrected chi connectivity index (χ0v) is 32.3. The molecule has 1 unspecified atom stereocenters. The zero-order chi connectivity index (χ0) is 37.5. The fraction of sp³-hybridized carbons (Fsp3) is 0.526. The second-order valence-corrected chi connectivity index (χ2v) is 17.2. The van der Waals surface area contributed by atoms with Crippen molar-refractivity contribution in [3.63, 3.8) is 0 Å². The van der Waals surface area contributed by atoms with Gasteiger partial charge in [0.2, 0.25) is 5.88 Å². The number of nitrogens with zero attached hydrogens (tertiary/aromatic N) is 5. The van der Waals surface area contributed by atoms with Crippen molar-refractivity contribution in [2.24, 2.45) is 29.2 Å². The Labute approximate surface area is 315 Å². The predicted molar refractivity (Wildman–Crippen MR) is 201 cm³/mol. The highest BCUT2D eigenvalue weighted by Gasteiger charge is 2.45. The number of aromatic nitrogens is 3. The summed E-state index contributed by atoms with van der Waals surface area (Å²) < 4.78 is 46.7. The van der Waals surface area contributed by atoms with E-state index in [2.05, 4.69) is 31.2 Å². The van der Waals surface area contributed by atoms with Crippen molar-refractivity contribution in [2.45, 2.75) is 56.7 Å². The Morgan fingerprint density at radius 3 is 2.64 bits per heavy atom. The number of hydrogen-bond acceptors (Lipinski definition) is 10. The molecule has 13 nitrogen and oxygen atoms in total. The highest BCUT2D eigenvalue weighted by molar-refractivity contribution is 7.92. The number of benzene rings is 1. The fourth-order valence-electron chi connectivity index (χ4n) is 8.46. The molecule has 15 heteroatoms. The highest BCUT2D eigenvalue weighted by atomic mass is 35.5. The molecule has 0 radical (unpaired) electrons. The average molecular weight is 767 g/mol. The smallest absolute Gasteiger partial charge is 0.305 e. The van der Waals surface area contributed by atoms with E-state index in [0.29, 0.717) is 36.3 Å². The van der Waals surface area contributed by atoms with Crippen LogP contribution >= 0.6 is 11.6 Å². The first-order valence-corrected chi connectivity index (χ1v) is 20.1. The molecule has 3 aromatic rings. The van der Waals surface area contributed by atoms with E-state index in [-0.39, 0.29) is 46.2 Å². The summed E-state index contributed by atoms with van der Waals surface area (Å²) in [6.07, 6.45) is 9.57. The molecule has 4 aliphatic rings. The van der Waals surface area contributed by atoms with E-state index >= 15 is 0 Å². The topological polar surface area (TPSA) is 146 Å². The fourth-order valence-corrected chi connectivity index (χ4v) is 10.5. The van der Waals surface area contributed by atoms with Gasteiger partial charge in [-0.3, -0.25) is 19.0 Å². The van der Waals surface area contributed by atoms with E-state index in [1.165, 1.54) is 29.1 Å². The van der Waals surface area contributed by atoms with Crippen LogP contribution in [0.1, 0.15) is 64.6 Å². The number of rotatable bonds is 5. The molecule has 53 heavy (non-hydrogen) atoms. The van der Waals surface area contributed by atoms with Crippen LogP contribution in [0.15, 0.2) is 53.0 Å². The van der Waals surface area contributed by atoms with Crippen LogP contribution in [0.5, 0.6) is 11.6 Å². The molecule has 2 aliphatic heterocycles. The summed E-state index contributed by atoms with van der Waals surface area (Å²) >= 11 is 6.45. The molecular weight excluding hydrogens is 720 g/mol. The molecule has 1 N–H and O–H groups in total. The molecule has 284 valence electrons. The van der Waals surface area contributed by atoms with E-state index < -0.39 is 33.8 Å². The van der Waals surface area contributed by atoms with Gasteiger partial charge in [0.15, 0.2) is 11.6 Å². The summed E-state index contributed by atoms with van der Waals surface area (Å²) in [5.41, 5.74) is 2.17. The van der Waals surface area contributed by atoms with Gasteiger partial charge in [0.25, 0.3) is 5.91 Å². The number of pyridine rings is 1. The largest absolute Gasteiger partial charge is 0.489 e. The number of ether oxygens (including phenoxy) is 4. The minimum absolute atomic E-state index is 0.00656. The van der Waals surface area contributed by atoms with E-state index in [4.69, 9.17) is 35.5 Å². The van der Waals surface area contributed by atoms with Gasteiger partial charge in [-0.05, 0) is 85.3 Å². The number of nitrogens with one attached hydrogen (secondary N) is 1. The molecule has 1 spiro atoms. The maximum Gasteiger partial charge on any atom is 0.305 e. The molecule has 4 heterocycles. The number of aryl methyl sites for hydroxylation is 2. The molecule has 1 fully saturated rings. The number of amides is 2. The second-order valence-electron chi connectivity index (χ2n) is 14.7. The first kappa shape index (κ1) is 37.3. The maximum absolute atomic E-state index is 14.7. The van der Waals surface area contributed by atoms with Gasteiger partial charge in [-0.2, -0.15) is 0 Å². The predicted octanol–water partition coefficient (Wildman–Crippen LogP) is 5.17. The second kappa shape index (κ2) is 15.0. The Balaban J connectivity index is 1.33. The van der Waals surface area contributed by atoms with Gasteiger partial charge in [0.1, 0.15) is 21.2 Å². The quantitative estimate of drug-likeness (QED) is 0.346. The van der Waals surface area contributed by atoms with Crippen molar-refractivity contribution in [2.75, 3.05) is 51.7 Å². The van der Waals surface area contributed by atoms with Crippen LogP contribution in [0.4, 0.5) is 5.82 Å². The first-order chi connectivity index (χ1) is 25.4. The third-order valence-electron chi connectivity index (χ3n) is 11.2. The minimum atomic E-state index is -3.76. The number of hydrogen-bond donors (Lipinski definition) is 1. The SMILES string of the molecule is COc1nn(C)cc1C(=O)NS1(=O)=NC(=O)c2ccc3c(n2)N(C[C@@H]2CC[C@H]2[C@@H](OC)/C=C/[C@@H](OC)[C@H](C)C1)C[C@@]1(CCCc2cc(Cl)ccc21)CO3. The van der Waals surface area contributed by atoms with Crippen molar-refractivity contribution in [3.05, 3.63) is 76.1 Å². The molecule has 7 rings (SSSR count). The lowest BCUT2D eigenvalue weighted by Crippen LogP contribution is -2.49. The highest BCUT2D eigenvalue weighted by Crippen LogP contribution is 2.46. The standard InChI is InChI=1S/C38H47ClN6O7S/c1-23-20-53(48,42-35(46)28-19-44(2)41-37(28)51-5)43-36(47)30-12-13-33-34(40-30)45(18-25-8-10-27(25)32(50-4)15-14-31(23)49-3)21-38(22-52-33)16-6-7-24-17-26(39)9-11-29(24)38/h9,11-15,17,19,23,25,27,31-32H,6-8,10,16,18,20-22H2,1-5H3,(H,42,43,46,47,48)/b15-14+/t23-,25+,27-,31-,32+,38+,53?/m1/s1. The third-order valence-corrected chi connectivity index (χ3v) is 13.4. The van der Waals surface area contributed by atoms with Crippen LogP contribution in [0.3, 0.4) is 0 Å². The van der Waals surface area contributed by atoms with Gasteiger partial charge < -0.3 is 23.8 Å². The summed E-state index contributed by atoms with van der Waals surface area (Å²) in [5.74, 6) is -0.522. The zero-order valence-electron chi connectivity index (χ0n) is 30.7. The van der Waals surface area contributed by atoms with E-state index in [1.54, 1.807) is 33.4 Å². The lowest BCUT2D eigenvalue weighted by molar-refractivity contribution is 0.0119. The number of anilines is 1. The van der Waals surface area contributed by atoms with Crippen molar-refractivity contribution < 1.29 is 32.7 Å². The third kappa shape index (κ3) is 7.43. The molecule has 2 bridgehead atoms. The number of carbonyl (C=O) groups is 2. The minimum Gasteiger partial charge on any atom is -0.489 e. The van der Waals surface area contributed by atoms with Gasteiger partial charge in [-0.25, -0.2) is 9.19 Å². The molecule has 2 aliphatic carbocycles. The monoisotopic (exact) mass is 766 g/mol. The van der Waals surface area contributed by atoms with Crippen molar-refractivity contribution >= 4 is 39.1 Å². The Morgan fingerprint density at radius 2 is 1.91 bits per heavy atom. The van der Waals surface area contributed by atoms with Gasteiger partial charge in [0.05, 0.1) is 31.7 Å². The number of fused-ring (bicyclic) bond motifs is 4. The molecule has 2 amide bonds. The average Bonchev–Trinajstić information content (AvgIpc) is 3.44. The molecule has 7 atom stereocenters. The summed E-state index contributed by atoms with van der Waals surface area (Å²) in [6.45, 7) is 3.58. The molecule has 0 saturated heterocycles. The van der Waals surface area contributed by atoms with Crippen molar-refractivity contribution in [3.8, 4) is 11.6 Å². The van der Waals surface area contributed by atoms with Crippen LogP contribution in [0, 0.1) is 17.8 Å². The van der Waals surface area contributed by atoms with Crippen LogP contribution in [0.2, 0.25) is 5.02 Å². The number of halogens is 1. The normalized spacial score (nSPS) is 30.5.